The predicted octanol–water partition coefficient (Wildman–Crippen LogP) is -1.56. The monoisotopic (exact) mass is 176 g/mol. The molecule has 0 fully saturated rings. The van der Waals surface area contributed by atoms with Crippen molar-refractivity contribution in [2.75, 3.05) is 13.2 Å². The molecule has 0 aromatic heterocycles. The van der Waals surface area contributed by atoms with Gasteiger partial charge >= 0.3 is 11.9 Å². The van der Waals surface area contributed by atoms with E-state index >= 15 is 0 Å². The molecule has 68 valence electrons. The molecule has 0 atom stereocenters. The van der Waals surface area contributed by atoms with Gasteiger partial charge in [0.05, 0.1) is 24.4 Å². The van der Waals surface area contributed by atoms with Crippen molar-refractivity contribution >= 4 is 11.9 Å². The van der Waals surface area contributed by atoms with Crippen LogP contribution in [0, 0.1) is 0 Å². The molecule has 0 aliphatic heterocycles. The van der Waals surface area contributed by atoms with Crippen LogP contribution in [0.15, 0.2) is 11.1 Å². The maximum atomic E-state index is 10.2. The minimum absolute atomic E-state index is 0.704. The molecular formula is C6H8O6. The van der Waals surface area contributed by atoms with Crippen LogP contribution in [0.1, 0.15) is 0 Å². The molecule has 4 N–H and O–H groups in total. The molecule has 0 saturated carbocycles. The average molecular weight is 176 g/mol. The van der Waals surface area contributed by atoms with Crippen LogP contribution in [0.5, 0.6) is 0 Å². The lowest BCUT2D eigenvalue weighted by Gasteiger charge is -2.01. The standard InChI is InChI=1S/C6H8O6/c7-1-3(5(9)10)4(2-8)6(11)12/h7-8H,1-2H2,(H,9,10)(H,11,12). The molecule has 0 bridgehead atoms. The van der Waals surface area contributed by atoms with Gasteiger partial charge in [-0.15, -0.1) is 0 Å². The highest BCUT2D eigenvalue weighted by atomic mass is 16.4. The Morgan fingerprint density at radius 1 is 0.833 bits per heavy atom. The Bertz CT molecular complexity index is 204. The number of aliphatic hydroxyl groups excluding tert-OH is 2. The van der Waals surface area contributed by atoms with E-state index in [9.17, 15) is 9.59 Å². The van der Waals surface area contributed by atoms with Gasteiger partial charge < -0.3 is 20.4 Å². The second-order valence-electron chi connectivity index (χ2n) is 1.88. The fourth-order valence-electron chi connectivity index (χ4n) is 0.584. The molecule has 0 spiro atoms. The Kier molecular flexibility index (Phi) is 3.95. The summed E-state index contributed by atoms with van der Waals surface area (Å²) in [5.41, 5.74) is -1.41. The van der Waals surface area contributed by atoms with Crippen molar-refractivity contribution < 1.29 is 30.0 Å². The van der Waals surface area contributed by atoms with Gasteiger partial charge in [-0.05, 0) is 0 Å². The molecule has 6 heteroatoms. The van der Waals surface area contributed by atoms with E-state index in [1.54, 1.807) is 0 Å². The molecule has 0 aromatic carbocycles. The summed E-state index contributed by atoms with van der Waals surface area (Å²) in [5, 5.41) is 33.5. The Morgan fingerprint density at radius 2 is 1.08 bits per heavy atom. The maximum Gasteiger partial charge on any atom is 0.334 e. The maximum absolute atomic E-state index is 10.2. The average Bonchev–Trinajstić information content (AvgIpc) is 1.98. The first-order chi connectivity index (χ1) is 5.54. The number of hydrogen-bond acceptors (Lipinski definition) is 4. The molecule has 0 unspecified atom stereocenters. The van der Waals surface area contributed by atoms with Crippen LogP contribution >= 0.6 is 0 Å². The molecule has 0 aliphatic rings. The fraction of sp³-hybridized carbons (Fsp3) is 0.333. The number of carbonyl (C=O) groups is 2. The smallest absolute Gasteiger partial charge is 0.334 e. The molecule has 12 heavy (non-hydrogen) atoms. The molecule has 0 heterocycles. The second kappa shape index (κ2) is 4.47. The summed E-state index contributed by atoms with van der Waals surface area (Å²) in [6, 6.07) is 0. The van der Waals surface area contributed by atoms with E-state index in [-0.39, 0.29) is 0 Å². The highest BCUT2D eigenvalue weighted by Gasteiger charge is 2.18. The Morgan fingerprint density at radius 3 is 1.17 bits per heavy atom. The number of hydrogen-bond donors (Lipinski definition) is 4. The molecule has 0 rings (SSSR count). The van der Waals surface area contributed by atoms with Crippen molar-refractivity contribution in [1.29, 1.82) is 0 Å². The first kappa shape index (κ1) is 10.6. The normalized spacial score (nSPS) is 12.2. The number of aliphatic hydroxyl groups is 2. The number of carboxylic acid groups (broad SMARTS) is 2. The third-order valence-corrected chi connectivity index (χ3v) is 1.20. The molecule has 0 radical (unpaired) electrons. The van der Waals surface area contributed by atoms with E-state index in [0.29, 0.717) is 0 Å². The summed E-state index contributed by atoms with van der Waals surface area (Å²) >= 11 is 0. The van der Waals surface area contributed by atoms with E-state index < -0.39 is 36.3 Å². The van der Waals surface area contributed by atoms with Crippen LogP contribution in [-0.4, -0.2) is 45.6 Å². The van der Waals surface area contributed by atoms with Crippen molar-refractivity contribution in [3.8, 4) is 0 Å². The first-order valence-electron chi connectivity index (χ1n) is 2.95. The van der Waals surface area contributed by atoms with Gasteiger partial charge in [0.2, 0.25) is 0 Å². The van der Waals surface area contributed by atoms with E-state index in [1.807, 2.05) is 0 Å². The molecule has 0 amide bonds. The molecule has 0 saturated heterocycles. The van der Waals surface area contributed by atoms with Crippen molar-refractivity contribution in [1.82, 2.24) is 0 Å². The summed E-state index contributed by atoms with van der Waals surface area (Å²) in [5.74, 6) is -3.10. The minimum Gasteiger partial charge on any atom is -0.478 e. The molecular weight excluding hydrogens is 168 g/mol. The summed E-state index contributed by atoms with van der Waals surface area (Å²) in [6.07, 6.45) is 0. The Labute approximate surface area is 67.4 Å². The van der Waals surface area contributed by atoms with Gasteiger partial charge in [0.25, 0.3) is 0 Å². The van der Waals surface area contributed by atoms with E-state index in [4.69, 9.17) is 20.4 Å². The summed E-state index contributed by atoms with van der Waals surface area (Å²) < 4.78 is 0. The predicted molar refractivity (Wildman–Crippen MR) is 36.5 cm³/mol. The lowest BCUT2D eigenvalue weighted by Crippen LogP contribution is -2.16. The number of rotatable bonds is 4. The van der Waals surface area contributed by atoms with Gasteiger partial charge in [-0.3, -0.25) is 0 Å². The van der Waals surface area contributed by atoms with Gasteiger partial charge in [0, 0.05) is 0 Å². The van der Waals surface area contributed by atoms with Crippen LogP contribution in [0.2, 0.25) is 0 Å². The van der Waals surface area contributed by atoms with Gasteiger partial charge in [0.1, 0.15) is 0 Å². The molecule has 0 aliphatic carbocycles. The van der Waals surface area contributed by atoms with Crippen LogP contribution in [0.25, 0.3) is 0 Å². The SMILES string of the molecule is O=C(O)C(CO)=C(CO)C(=O)O. The third kappa shape index (κ3) is 2.33. The minimum atomic E-state index is -1.55. The van der Waals surface area contributed by atoms with Gasteiger partial charge in [-0.2, -0.15) is 0 Å². The van der Waals surface area contributed by atoms with Crippen LogP contribution < -0.4 is 0 Å². The van der Waals surface area contributed by atoms with E-state index in [1.165, 1.54) is 0 Å². The van der Waals surface area contributed by atoms with Crippen LogP contribution in [0.4, 0.5) is 0 Å². The summed E-state index contributed by atoms with van der Waals surface area (Å²) in [4.78, 5) is 20.5. The van der Waals surface area contributed by atoms with Crippen molar-refractivity contribution in [3.63, 3.8) is 0 Å². The first-order valence-corrected chi connectivity index (χ1v) is 2.95. The Balaban J connectivity index is 5.01. The zero-order valence-electron chi connectivity index (χ0n) is 6.02. The highest BCUT2D eigenvalue weighted by molar-refractivity contribution is 5.99. The van der Waals surface area contributed by atoms with Crippen molar-refractivity contribution in [2.24, 2.45) is 0 Å². The Hall–Kier alpha value is -1.40. The lowest BCUT2D eigenvalue weighted by atomic mass is 10.1. The largest absolute Gasteiger partial charge is 0.478 e. The van der Waals surface area contributed by atoms with Gasteiger partial charge in [0.15, 0.2) is 0 Å². The van der Waals surface area contributed by atoms with Crippen molar-refractivity contribution in [2.45, 2.75) is 0 Å². The number of aliphatic carboxylic acids is 2. The van der Waals surface area contributed by atoms with Gasteiger partial charge in [-0.1, -0.05) is 0 Å². The van der Waals surface area contributed by atoms with E-state index in [2.05, 4.69) is 0 Å². The zero-order chi connectivity index (χ0) is 9.72. The quantitative estimate of drug-likeness (QED) is 0.385. The molecule has 6 nitrogen and oxygen atoms in total. The second-order valence-corrected chi connectivity index (χ2v) is 1.88. The lowest BCUT2D eigenvalue weighted by molar-refractivity contribution is -0.136. The van der Waals surface area contributed by atoms with Crippen molar-refractivity contribution in [3.05, 3.63) is 11.1 Å². The summed E-state index contributed by atoms with van der Waals surface area (Å²) in [7, 11) is 0. The molecule has 0 aromatic rings. The van der Waals surface area contributed by atoms with Gasteiger partial charge in [-0.25, -0.2) is 9.59 Å². The third-order valence-electron chi connectivity index (χ3n) is 1.20. The number of carboxylic acids is 2. The van der Waals surface area contributed by atoms with Crippen LogP contribution in [0.3, 0.4) is 0 Å². The zero-order valence-corrected chi connectivity index (χ0v) is 6.02. The highest BCUT2D eigenvalue weighted by Crippen LogP contribution is 2.03. The summed E-state index contributed by atoms with van der Waals surface area (Å²) in [6.45, 7) is -1.84. The fourth-order valence-corrected chi connectivity index (χ4v) is 0.584. The van der Waals surface area contributed by atoms with Crippen LogP contribution in [-0.2, 0) is 9.59 Å². The van der Waals surface area contributed by atoms with E-state index in [0.717, 1.165) is 0 Å². The topological polar surface area (TPSA) is 115 Å².